The summed E-state index contributed by atoms with van der Waals surface area (Å²) in [6, 6.07) is -4.97. The Morgan fingerprint density at radius 3 is 1.89 bits per heavy atom. The number of amides is 4. The van der Waals surface area contributed by atoms with Gasteiger partial charge in [-0.05, 0) is 31.6 Å². The summed E-state index contributed by atoms with van der Waals surface area (Å²) in [5.41, 5.74) is 21.5. The molecule has 0 aromatic heterocycles. The average Bonchev–Trinajstić information content (AvgIpc) is 2.75. The number of hydrogen-bond donors (Lipinski definition) is 9. The fourth-order valence-corrected chi connectivity index (χ4v) is 2.92. The molecule has 0 aliphatic rings. The Labute approximate surface area is 203 Å². The molecule has 0 saturated carbocycles. The topological polar surface area (TPSA) is 278 Å². The number of aliphatic hydroxyl groups excluding tert-OH is 1. The van der Waals surface area contributed by atoms with Crippen LogP contribution in [-0.4, -0.2) is 83.1 Å². The first kappa shape index (κ1) is 31.5. The summed E-state index contributed by atoms with van der Waals surface area (Å²) >= 11 is 0. The molecule has 15 nitrogen and oxygen atoms in total. The lowest BCUT2D eigenvalue weighted by molar-refractivity contribution is -0.143. The van der Waals surface area contributed by atoms with Crippen LogP contribution in [0.5, 0.6) is 0 Å². The van der Waals surface area contributed by atoms with Gasteiger partial charge in [-0.1, -0.05) is 13.8 Å². The number of carboxylic acid groups (broad SMARTS) is 1. The highest BCUT2D eigenvalue weighted by Crippen LogP contribution is 2.08. The summed E-state index contributed by atoms with van der Waals surface area (Å²) in [5, 5.41) is 25.2. The van der Waals surface area contributed by atoms with Crippen molar-refractivity contribution in [3.05, 3.63) is 0 Å². The van der Waals surface area contributed by atoms with Crippen molar-refractivity contribution in [2.45, 2.75) is 70.1 Å². The van der Waals surface area contributed by atoms with E-state index in [1.807, 2.05) is 13.8 Å². The molecule has 0 aliphatic heterocycles. The van der Waals surface area contributed by atoms with E-state index in [9.17, 15) is 24.0 Å². The maximum Gasteiger partial charge on any atom is 0.328 e. The maximum absolute atomic E-state index is 12.9. The highest BCUT2D eigenvalue weighted by Gasteiger charge is 2.30. The number of carbonyl (C=O) groups is 5. The van der Waals surface area contributed by atoms with Crippen LogP contribution in [0, 0.1) is 5.92 Å². The van der Waals surface area contributed by atoms with Crippen molar-refractivity contribution in [3.63, 3.8) is 0 Å². The van der Waals surface area contributed by atoms with E-state index in [1.54, 1.807) is 0 Å². The van der Waals surface area contributed by atoms with Gasteiger partial charge in [0.15, 0.2) is 5.96 Å². The minimum atomic E-state index is -1.61. The maximum atomic E-state index is 12.9. The zero-order valence-corrected chi connectivity index (χ0v) is 20.0. The number of rotatable bonds is 17. The minimum Gasteiger partial charge on any atom is -0.480 e. The second-order valence-electron chi connectivity index (χ2n) is 8.39. The largest absolute Gasteiger partial charge is 0.480 e. The third kappa shape index (κ3) is 13.7. The second-order valence-corrected chi connectivity index (χ2v) is 8.39. The Morgan fingerprint density at radius 2 is 1.40 bits per heavy atom. The number of aliphatic imine (C=N–C) groups is 1. The first-order valence-electron chi connectivity index (χ1n) is 11.1. The quantitative estimate of drug-likeness (QED) is 0.0531. The van der Waals surface area contributed by atoms with E-state index in [2.05, 4.69) is 20.9 Å². The highest BCUT2D eigenvalue weighted by molar-refractivity contribution is 5.94. The molecule has 0 radical (unpaired) electrons. The molecule has 15 heteroatoms. The van der Waals surface area contributed by atoms with Crippen LogP contribution in [0.2, 0.25) is 0 Å². The predicted octanol–water partition coefficient (Wildman–Crippen LogP) is -3.79. The third-order valence-corrected chi connectivity index (χ3v) is 4.75. The average molecular weight is 503 g/mol. The summed E-state index contributed by atoms with van der Waals surface area (Å²) in [6.45, 7) is 3.03. The van der Waals surface area contributed by atoms with Gasteiger partial charge in [0.05, 0.1) is 12.6 Å². The van der Waals surface area contributed by atoms with E-state index < -0.39 is 60.4 Å². The molecule has 4 atom stereocenters. The lowest BCUT2D eigenvalue weighted by Gasteiger charge is -2.25. The molecule has 4 amide bonds. The van der Waals surface area contributed by atoms with Crippen molar-refractivity contribution in [1.82, 2.24) is 16.0 Å². The zero-order valence-electron chi connectivity index (χ0n) is 20.0. The van der Waals surface area contributed by atoms with Crippen LogP contribution in [0.25, 0.3) is 0 Å². The summed E-state index contributed by atoms with van der Waals surface area (Å²) in [4.78, 5) is 64.1. The van der Waals surface area contributed by atoms with Gasteiger partial charge >= 0.3 is 5.97 Å². The van der Waals surface area contributed by atoms with Crippen molar-refractivity contribution in [2.24, 2.45) is 33.8 Å². The van der Waals surface area contributed by atoms with E-state index >= 15 is 0 Å². The van der Waals surface area contributed by atoms with Gasteiger partial charge in [-0.3, -0.25) is 24.2 Å². The van der Waals surface area contributed by atoms with E-state index in [0.29, 0.717) is 6.42 Å². The van der Waals surface area contributed by atoms with Crippen LogP contribution in [0.15, 0.2) is 4.99 Å². The first-order valence-corrected chi connectivity index (χ1v) is 11.1. The van der Waals surface area contributed by atoms with E-state index in [-0.39, 0.29) is 44.1 Å². The molecule has 0 fully saturated rings. The van der Waals surface area contributed by atoms with Gasteiger partial charge in [-0.25, -0.2) is 4.79 Å². The zero-order chi connectivity index (χ0) is 27.1. The Morgan fingerprint density at radius 1 is 0.857 bits per heavy atom. The van der Waals surface area contributed by atoms with Gasteiger partial charge in [-0.2, -0.15) is 0 Å². The molecule has 200 valence electrons. The Kier molecular flexibility index (Phi) is 14.6. The molecule has 0 saturated heterocycles. The van der Waals surface area contributed by atoms with E-state index in [0.717, 1.165) is 0 Å². The number of nitrogens with zero attached hydrogens (tertiary/aromatic N) is 1. The normalized spacial score (nSPS) is 14.2. The van der Waals surface area contributed by atoms with Gasteiger partial charge < -0.3 is 49.1 Å². The predicted molar refractivity (Wildman–Crippen MR) is 126 cm³/mol. The molecule has 0 aliphatic carbocycles. The summed E-state index contributed by atoms with van der Waals surface area (Å²) < 4.78 is 0. The molecule has 0 aromatic rings. The van der Waals surface area contributed by atoms with Crippen LogP contribution in [0.1, 0.15) is 46.0 Å². The van der Waals surface area contributed by atoms with Crippen molar-refractivity contribution < 1.29 is 34.2 Å². The molecule has 0 rings (SSSR count). The number of aliphatic hydroxyl groups is 1. The first-order chi connectivity index (χ1) is 16.3. The monoisotopic (exact) mass is 502 g/mol. The Balaban J connectivity index is 5.38. The van der Waals surface area contributed by atoms with Crippen LogP contribution in [0.3, 0.4) is 0 Å². The molecule has 13 N–H and O–H groups in total. The number of nitrogens with two attached hydrogens (primary N) is 4. The lowest BCUT2D eigenvalue weighted by atomic mass is 10.0. The van der Waals surface area contributed by atoms with Gasteiger partial charge in [0, 0.05) is 13.0 Å². The number of guanidine groups is 1. The molecule has 0 spiro atoms. The minimum absolute atomic E-state index is 0.0344. The lowest BCUT2D eigenvalue weighted by Crippen LogP contribution is -2.57. The van der Waals surface area contributed by atoms with Crippen molar-refractivity contribution >= 4 is 35.6 Å². The molecule has 35 heavy (non-hydrogen) atoms. The highest BCUT2D eigenvalue weighted by atomic mass is 16.4. The SMILES string of the molecule is CC(C)CC(NC(=O)C(N)CCCN=C(N)N)C(=O)NC(CCC(N)=O)C(=O)NC(CO)C(=O)O. The number of carbonyl (C=O) groups excluding carboxylic acids is 4. The number of aliphatic carboxylic acids is 1. The van der Waals surface area contributed by atoms with Crippen molar-refractivity contribution in [2.75, 3.05) is 13.2 Å². The van der Waals surface area contributed by atoms with Gasteiger partial charge in [0.1, 0.15) is 18.1 Å². The third-order valence-electron chi connectivity index (χ3n) is 4.75. The smallest absolute Gasteiger partial charge is 0.328 e. The number of carboxylic acids is 1. The van der Waals surface area contributed by atoms with Crippen LogP contribution < -0.4 is 38.9 Å². The number of hydrogen-bond acceptors (Lipinski definition) is 8. The summed E-state index contributed by atoms with van der Waals surface area (Å²) in [5.74, 6) is -4.62. The molecule has 0 heterocycles. The molecule has 4 unspecified atom stereocenters. The Hall–Kier alpha value is -3.46. The molecular weight excluding hydrogens is 464 g/mol. The number of nitrogens with one attached hydrogen (secondary N) is 3. The van der Waals surface area contributed by atoms with Gasteiger partial charge in [0.2, 0.25) is 23.6 Å². The van der Waals surface area contributed by atoms with Crippen LogP contribution >= 0.6 is 0 Å². The summed E-state index contributed by atoms with van der Waals surface area (Å²) in [6.07, 6.45) is 0.379. The fraction of sp³-hybridized carbons (Fsp3) is 0.700. The molecule has 0 aromatic carbocycles. The van der Waals surface area contributed by atoms with Gasteiger partial charge in [0.25, 0.3) is 0 Å². The number of primary amides is 1. The fourth-order valence-electron chi connectivity index (χ4n) is 2.92. The molecular formula is C20H38N8O7. The second kappa shape index (κ2) is 16.2. The summed E-state index contributed by atoms with van der Waals surface area (Å²) in [7, 11) is 0. The van der Waals surface area contributed by atoms with Crippen molar-refractivity contribution in [3.8, 4) is 0 Å². The van der Waals surface area contributed by atoms with Crippen LogP contribution in [0.4, 0.5) is 0 Å². The van der Waals surface area contributed by atoms with E-state index in [1.165, 1.54) is 0 Å². The van der Waals surface area contributed by atoms with Crippen LogP contribution in [-0.2, 0) is 24.0 Å². The Bertz CT molecular complexity index is 771. The molecule has 0 bridgehead atoms. The standard InChI is InChI=1S/C20H38N8O7/c1-10(2)8-13(27-16(31)11(21)4-3-7-25-20(23)24)18(33)26-12(5-6-15(22)30)17(32)28-14(9-29)19(34)35/h10-14,29H,3-9,21H2,1-2H3,(H2,22,30)(H,26,33)(H,27,31)(H,28,32)(H,34,35)(H4,23,24,25). The van der Waals surface area contributed by atoms with E-state index in [4.69, 9.17) is 33.1 Å². The van der Waals surface area contributed by atoms with Gasteiger partial charge in [-0.15, -0.1) is 0 Å². The van der Waals surface area contributed by atoms with Crippen molar-refractivity contribution in [1.29, 1.82) is 0 Å².